The van der Waals surface area contributed by atoms with Crippen molar-refractivity contribution in [1.29, 1.82) is 0 Å². The molecule has 0 aliphatic carbocycles. The number of hydrogen-bond acceptors (Lipinski definition) is 4. The molecule has 0 saturated heterocycles. The first-order valence-electron chi connectivity index (χ1n) is 10.2. The number of ether oxygens (including phenoxy) is 1. The molecule has 2 heterocycles. The topological polar surface area (TPSA) is 53.1 Å². The second-order valence-corrected chi connectivity index (χ2v) is 7.41. The lowest BCUT2D eigenvalue weighted by molar-refractivity contribution is -0.137. The maximum atomic E-state index is 13.0. The second-order valence-electron chi connectivity index (χ2n) is 7.41. The van der Waals surface area contributed by atoms with Crippen molar-refractivity contribution in [2.24, 2.45) is 0 Å². The number of alkyl halides is 3. The molecule has 5 nitrogen and oxygen atoms in total. The van der Waals surface area contributed by atoms with Crippen molar-refractivity contribution in [1.82, 2.24) is 14.5 Å². The molecule has 0 spiro atoms. The third-order valence-electron chi connectivity index (χ3n) is 5.10. The summed E-state index contributed by atoms with van der Waals surface area (Å²) >= 11 is 0. The van der Waals surface area contributed by atoms with Gasteiger partial charge in [0.15, 0.2) is 0 Å². The van der Waals surface area contributed by atoms with E-state index in [2.05, 4.69) is 9.97 Å². The molecule has 2 aromatic carbocycles. The van der Waals surface area contributed by atoms with Crippen LogP contribution in [0, 0.1) is 13.8 Å². The van der Waals surface area contributed by atoms with E-state index in [4.69, 9.17) is 9.15 Å². The van der Waals surface area contributed by atoms with Crippen molar-refractivity contribution in [3.05, 3.63) is 83.6 Å². The summed E-state index contributed by atoms with van der Waals surface area (Å²) in [5, 5.41) is 0. The first-order chi connectivity index (χ1) is 15.3. The highest BCUT2D eigenvalue weighted by Gasteiger charge is 2.30. The molecule has 4 aromatic rings. The molecule has 0 aliphatic rings. The van der Waals surface area contributed by atoms with Gasteiger partial charge >= 0.3 is 12.2 Å². The molecule has 0 unspecified atom stereocenters. The molecular weight excluding hydrogens is 419 g/mol. The van der Waals surface area contributed by atoms with E-state index in [0.717, 1.165) is 23.4 Å². The van der Waals surface area contributed by atoms with Crippen molar-refractivity contribution >= 4 is 0 Å². The average molecular weight is 441 g/mol. The molecule has 0 atom stereocenters. The number of aromatic nitrogens is 3. The van der Waals surface area contributed by atoms with Gasteiger partial charge in [-0.2, -0.15) is 18.2 Å². The van der Waals surface area contributed by atoms with E-state index in [-0.39, 0.29) is 0 Å². The monoisotopic (exact) mass is 441 g/mol. The van der Waals surface area contributed by atoms with Gasteiger partial charge in [0.2, 0.25) is 0 Å². The summed E-state index contributed by atoms with van der Waals surface area (Å²) in [6, 6.07) is 13.0. The van der Waals surface area contributed by atoms with Crippen molar-refractivity contribution in [2.75, 3.05) is 6.61 Å². The number of hydrogen-bond donors (Lipinski definition) is 0. The molecule has 0 N–H and O–H groups in total. The number of rotatable bonds is 7. The summed E-state index contributed by atoms with van der Waals surface area (Å²) in [5.41, 5.74) is 1.41. The van der Waals surface area contributed by atoms with Crippen LogP contribution in [0.2, 0.25) is 0 Å². The molecule has 0 radical (unpaired) electrons. The summed E-state index contributed by atoms with van der Waals surface area (Å²) in [4.78, 5) is 8.74. The molecule has 0 amide bonds. The Kier molecular flexibility index (Phi) is 6.03. The molecule has 0 saturated carbocycles. The van der Waals surface area contributed by atoms with Gasteiger partial charge in [-0.25, -0.2) is 4.98 Å². The Labute approximate surface area is 183 Å². The zero-order valence-corrected chi connectivity index (χ0v) is 17.7. The fourth-order valence-corrected chi connectivity index (χ4v) is 3.37. The minimum Gasteiger partial charge on any atom is -0.493 e. The van der Waals surface area contributed by atoms with Crippen LogP contribution in [0.15, 0.2) is 65.3 Å². The Bertz CT molecular complexity index is 1190. The van der Waals surface area contributed by atoms with Gasteiger partial charge in [-0.3, -0.25) is 4.57 Å². The highest BCUT2D eigenvalue weighted by molar-refractivity contribution is 5.62. The molecule has 0 fully saturated rings. The van der Waals surface area contributed by atoms with Crippen LogP contribution in [0.5, 0.6) is 5.75 Å². The van der Waals surface area contributed by atoms with Crippen LogP contribution in [-0.4, -0.2) is 21.1 Å². The van der Waals surface area contributed by atoms with Gasteiger partial charge in [0.25, 0.3) is 0 Å². The Morgan fingerprint density at radius 2 is 1.78 bits per heavy atom. The highest BCUT2D eigenvalue weighted by atomic mass is 19.4. The van der Waals surface area contributed by atoms with Gasteiger partial charge in [0, 0.05) is 24.4 Å². The lowest BCUT2D eigenvalue weighted by atomic mass is 10.1. The molecular formula is C24H22F3N3O2. The van der Waals surface area contributed by atoms with Crippen LogP contribution >= 0.6 is 0 Å². The maximum absolute atomic E-state index is 13.0. The highest BCUT2D eigenvalue weighted by Crippen LogP contribution is 2.32. The average Bonchev–Trinajstić information content (AvgIpc) is 3.38. The third-order valence-corrected chi connectivity index (χ3v) is 5.10. The third kappa shape index (κ3) is 4.69. The predicted octanol–water partition coefficient (Wildman–Crippen LogP) is 6.17. The van der Waals surface area contributed by atoms with E-state index < -0.39 is 11.7 Å². The normalized spacial score (nSPS) is 11.7. The summed E-state index contributed by atoms with van der Waals surface area (Å²) in [5.74, 6) is 2.10. The van der Waals surface area contributed by atoms with E-state index in [9.17, 15) is 13.2 Å². The number of benzene rings is 2. The molecule has 4 rings (SSSR count). The van der Waals surface area contributed by atoms with Gasteiger partial charge < -0.3 is 9.15 Å². The number of halogens is 3. The lowest BCUT2D eigenvalue weighted by Crippen LogP contribution is -2.04. The van der Waals surface area contributed by atoms with Crippen molar-refractivity contribution in [3.63, 3.8) is 0 Å². The maximum Gasteiger partial charge on any atom is 0.416 e. The van der Waals surface area contributed by atoms with E-state index in [1.54, 1.807) is 17.0 Å². The molecule has 0 bridgehead atoms. The summed E-state index contributed by atoms with van der Waals surface area (Å²) in [7, 11) is 0. The van der Waals surface area contributed by atoms with Gasteiger partial charge in [0.1, 0.15) is 23.0 Å². The Morgan fingerprint density at radius 1 is 1.03 bits per heavy atom. The molecule has 8 heteroatoms. The zero-order valence-electron chi connectivity index (χ0n) is 17.7. The van der Waals surface area contributed by atoms with Crippen LogP contribution in [0.3, 0.4) is 0 Å². The molecule has 0 aliphatic heterocycles. The van der Waals surface area contributed by atoms with E-state index in [0.29, 0.717) is 48.3 Å². The fourth-order valence-electron chi connectivity index (χ4n) is 3.37. The SMILES string of the molecule is Cc1ccccc1OCCCc1oc(-n2ccnc2C)nc1-c1ccc(C(F)(F)F)cc1. The molecule has 2 aromatic heterocycles. The van der Waals surface area contributed by atoms with Crippen LogP contribution in [-0.2, 0) is 12.6 Å². The Morgan fingerprint density at radius 3 is 2.44 bits per heavy atom. The molecule has 166 valence electrons. The summed E-state index contributed by atoms with van der Waals surface area (Å²) in [6.45, 7) is 4.27. The predicted molar refractivity (Wildman–Crippen MR) is 114 cm³/mol. The van der Waals surface area contributed by atoms with Crippen molar-refractivity contribution < 1.29 is 22.3 Å². The van der Waals surface area contributed by atoms with E-state index in [1.165, 1.54) is 12.1 Å². The van der Waals surface area contributed by atoms with Crippen LogP contribution in [0.4, 0.5) is 13.2 Å². The van der Waals surface area contributed by atoms with Gasteiger partial charge in [-0.1, -0.05) is 30.3 Å². The van der Waals surface area contributed by atoms with Crippen LogP contribution in [0.1, 0.15) is 29.1 Å². The van der Waals surface area contributed by atoms with Crippen molar-refractivity contribution in [3.8, 4) is 23.0 Å². The lowest BCUT2D eigenvalue weighted by Gasteiger charge is -2.09. The smallest absolute Gasteiger partial charge is 0.416 e. The number of oxazole rings is 1. The van der Waals surface area contributed by atoms with Gasteiger partial charge in [-0.15, -0.1) is 0 Å². The number of aryl methyl sites for hydroxylation is 3. The number of para-hydroxylation sites is 1. The summed E-state index contributed by atoms with van der Waals surface area (Å²) < 4.78 is 52.4. The van der Waals surface area contributed by atoms with Crippen LogP contribution in [0.25, 0.3) is 17.3 Å². The van der Waals surface area contributed by atoms with Gasteiger partial charge in [-0.05, 0) is 44.0 Å². The minimum absolute atomic E-state index is 0.324. The first kappa shape index (κ1) is 21.7. The Hall–Kier alpha value is -3.55. The first-order valence-corrected chi connectivity index (χ1v) is 10.2. The standard InChI is InChI=1S/C24H22F3N3O2/c1-16-6-3-4-7-20(16)31-15-5-8-21-22(18-9-11-19(12-10-18)24(25,26)27)29-23(32-21)30-14-13-28-17(30)2/h3-4,6-7,9-14H,5,8,15H2,1-2H3. The number of imidazole rings is 1. The zero-order chi connectivity index (χ0) is 22.7. The number of nitrogens with zero attached hydrogens (tertiary/aromatic N) is 3. The largest absolute Gasteiger partial charge is 0.493 e. The molecule has 32 heavy (non-hydrogen) atoms. The van der Waals surface area contributed by atoms with Gasteiger partial charge in [0.05, 0.1) is 12.2 Å². The van der Waals surface area contributed by atoms with Crippen LogP contribution < -0.4 is 4.74 Å². The summed E-state index contributed by atoms with van der Waals surface area (Å²) in [6.07, 6.45) is 0.134. The Balaban J connectivity index is 1.56. The quantitative estimate of drug-likeness (QED) is 0.322. The van der Waals surface area contributed by atoms with E-state index >= 15 is 0 Å². The van der Waals surface area contributed by atoms with E-state index in [1.807, 2.05) is 38.1 Å². The minimum atomic E-state index is -4.39. The second kappa shape index (κ2) is 8.90. The van der Waals surface area contributed by atoms with Crippen molar-refractivity contribution in [2.45, 2.75) is 32.9 Å². The fraction of sp³-hybridized carbons (Fsp3) is 0.250.